The van der Waals surface area contributed by atoms with E-state index in [-0.39, 0.29) is 27.6 Å². The highest BCUT2D eigenvalue weighted by molar-refractivity contribution is 6.55. The highest BCUT2D eigenvalue weighted by atomic mass is 35.5. The van der Waals surface area contributed by atoms with Gasteiger partial charge >= 0.3 is 0 Å². The maximum atomic E-state index is 13.1. The fourth-order valence-corrected chi connectivity index (χ4v) is 4.19. The van der Waals surface area contributed by atoms with E-state index in [2.05, 4.69) is 5.32 Å². The van der Waals surface area contributed by atoms with E-state index in [9.17, 15) is 4.79 Å². The van der Waals surface area contributed by atoms with E-state index in [4.69, 9.17) is 39.8 Å². The monoisotopic (exact) mass is 433 g/mol. The lowest BCUT2D eigenvalue weighted by Gasteiger charge is -2.09. The van der Waals surface area contributed by atoms with E-state index >= 15 is 0 Å². The molecule has 0 bridgehead atoms. The highest BCUT2D eigenvalue weighted by Crippen LogP contribution is 2.60. The number of carbonyl (C=O) groups is 1. The molecular weight excluding hydrogens is 417 g/mol. The lowest BCUT2D eigenvalue weighted by Crippen LogP contribution is -2.18. The molecule has 0 aliphatic heterocycles. The number of fused-ring (bicyclic) bond motifs is 1. The number of pyridine rings is 1. The quantitative estimate of drug-likeness (QED) is 0.532. The van der Waals surface area contributed by atoms with Crippen LogP contribution in [0.3, 0.4) is 0 Å². The molecule has 144 valence electrons. The van der Waals surface area contributed by atoms with Gasteiger partial charge in [0, 0.05) is 11.8 Å². The lowest BCUT2D eigenvalue weighted by molar-refractivity contribution is -0.118. The van der Waals surface area contributed by atoms with Gasteiger partial charge in [0.05, 0.1) is 10.9 Å². The largest absolute Gasteiger partial charge is 0.310 e. The number of aromatic nitrogens is 2. The van der Waals surface area contributed by atoms with E-state index in [1.165, 1.54) is 0 Å². The van der Waals surface area contributed by atoms with Crippen LogP contribution in [0.5, 0.6) is 0 Å². The van der Waals surface area contributed by atoms with Crippen molar-refractivity contribution in [2.24, 2.45) is 17.3 Å². The minimum atomic E-state index is -0.228. The molecule has 2 aromatic heterocycles. The van der Waals surface area contributed by atoms with Crippen molar-refractivity contribution in [3.05, 3.63) is 64.3 Å². The predicted octanol–water partition coefficient (Wildman–Crippen LogP) is 6.18. The van der Waals surface area contributed by atoms with E-state index in [0.717, 1.165) is 5.56 Å². The molecule has 1 aliphatic carbocycles. The van der Waals surface area contributed by atoms with Crippen molar-refractivity contribution in [2.75, 3.05) is 5.32 Å². The standard InChI is InChI=1S/C21H18Cl3N3O/c1-21(2)14(10-15(23)24)17(21)20(28)26-19-18(12-6-4-3-5-7-12)25-16-9-8-13(22)11-27(16)19/h3-11,14,17H,1-2H3,(H,26,28)/t14-,17-/m0/s1. The van der Waals surface area contributed by atoms with Crippen molar-refractivity contribution >= 4 is 52.2 Å². The number of nitrogens with zero attached hydrogens (tertiary/aromatic N) is 2. The minimum absolute atomic E-state index is 0.0135. The Bertz CT molecular complexity index is 1080. The second kappa shape index (κ2) is 7.11. The van der Waals surface area contributed by atoms with Crippen molar-refractivity contribution in [1.29, 1.82) is 0 Å². The topological polar surface area (TPSA) is 46.4 Å². The third-order valence-corrected chi connectivity index (χ3v) is 5.85. The minimum Gasteiger partial charge on any atom is -0.310 e. The number of benzene rings is 1. The van der Waals surface area contributed by atoms with Gasteiger partial charge in [0.1, 0.15) is 21.7 Å². The number of carbonyl (C=O) groups excluding carboxylic acids is 1. The Kier molecular flexibility index (Phi) is 4.90. The van der Waals surface area contributed by atoms with Gasteiger partial charge in [-0.25, -0.2) is 4.98 Å². The maximum Gasteiger partial charge on any atom is 0.229 e. The summed E-state index contributed by atoms with van der Waals surface area (Å²) in [6.45, 7) is 4.05. The SMILES string of the molecule is CC1(C)[C@H](C(=O)Nc2c(-c3ccccc3)nc3ccc(Cl)cn23)[C@@H]1C=C(Cl)Cl. The molecular formula is C21H18Cl3N3O. The number of allylic oxidation sites excluding steroid dienone is 1. The first-order chi connectivity index (χ1) is 13.3. The average molecular weight is 435 g/mol. The van der Waals surface area contributed by atoms with Crippen LogP contribution in [-0.2, 0) is 4.79 Å². The van der Waals surface area contributed by atoms with Gasteiger partial charge in [-0.2, -0.15) is 0 Å². The molecule has 0 saturated heterocycles. The number of rotatable bonds is 4. The molecule has 2 heterocycles. The van der Waals surface area contributed by atoms with Gasteiger partial charge in [-0.05, 0) is 29.5 Å². The summed E-state index contributed by atoms with van der Waals surface area (Å²) in [7, 11) is 0. The first-order valence-electron chi connectivity index (χ1n) is 8.86. The van der Waals surface area contributed by atoms with E-state index in [1.807, 2.05) is 50.2 Å². The number of halogens is 3. The molecule has 28 heavy (non-hydrogen) atoms. The van der Waals surface area contributed by atoms with Crippen LogP contribution < -0.4 is 5.32 Å². The van der Waals surface area contributed by atoms with E-state index < -0.39 is 0 Å². The van der Waals surface area contributed by atoms with Gasteiger partial charge in [0.2, 0.25) is 5.91 Å². The predicted molar refractivity (Wildman–Crippen MR) is 115 cm³/mol. The molecule has 0 unspecified atom stereocenters. The lowest BCUT2D eigenvalue weighted by atomic mass is 10.1. The Morgan fingerprint density at radius 3 is 2.57 bits per heavy atom. The van der Waals surface area contributed by atoms with Gasteiger partial charge in [0.25, 0.3) is 0 Å². The van der Waals surface area contributed by atoms with Crippen LogP contribution in [-0.4, -0.2) is 15.3 Å². The Hall–Kier alpha value is -2.01. The molecule has 1 fully saturated rings. The first-order valence-corrected chi connectivity index (χ1v) is 9.99. The number of amides is 1. The molecule has 2 atom stereocenters. The number of hydrogen-bond acceptors (Lipinski definition) is 2. The van der Waals surface area contributed by atoms with Crippen molar-refractivity contribution in [2.45, 2.75) is 13.8 Å². The van der Waals surface area contributed by atoms with Crippen molar-refractivity contribution in [3.8, 4) is 11.3 Å². The molecule has 1 N–H and O–H groups in total. The second-order valence-corrected chi connectivity index (χ2v) is 8.97. The zero-order valence-corrected chi connectivity index (χ0v) is 17.6. The Labute approximate surface area is 178 Å². The van der Waals surface area contributed by atoms with Crippen LogP contribution >= 0.6 is 34.8 Å². The van der Waals surface area contributed by atoms with Crippen LogP contribution in [0.4, 0.5) is 5.82 Å². The third kappa shape index (κ3) is 3.41. The summed E-state index contributed by atoms with van der Waals surface area (Å²) in [4.78, 5) is 17.8. The van der Waals surface area contributed by atoms with Crippen LogP contribution in [0.15, 0.2) is 59.2 Å². The molecule has 7 heteroatoms. The summed E-state index contributed by atoms with van der Waals surface area (Å²) in [5.41, 5.74) is 2.09. The molecule has 0 spiro atoms. The molecule has 1 saturated carbocycles. The molecule has 1 amide bonds. The Morgan fingerprint density at radius 1 is 1.18 bits per heavy atom. The molecule has 1 aliphatic rings. The van der Waals surface area contributed by atoms with Crippen LogP contribution in [0.2, 0.25) is 5.02 Å². The first kappa shape index (κ1) is 19.3. The summed E-state index contributed by atoms with van der Waals surface area (Å²) in [5.74, 6) is 0.254. The zero-order valence-electron chi connectivity index (χ0n) is 15.3. The fraction of sp³-hybridized carbons (Fsp3) is 0.238. The molecule has 0 radical (unpaired) electrons. The summed E-state index contributed by atoms with van der Waals surface area (Å²) in [6, 6.07) is 13.3. The van der Waals surface area contributed by atoms with Gasteiger partial charge in [-0.1, -0.05) is 79.0 Å². The summed E-state index contributed by atoms with van der Waals surface area (Å²) < 4.78 is 1.98. The highest BCUT2D eigenvalue weighted by Gasteiger charge is 2.60. The van der Waals surface area contributed by atoms with Crippen molar-refractivity contribution < 1.29 is 4.79 Å². The maximum absolute atomic E-state index is 13.1. The zero-order chi connectivity index (χ0) is 20.1. The molecule has 1 aromatic carbocycles. The Balaban J connectivity index is 1.75. The van der Waals surface area contributed by atoms with Gasteiger partial charge in [-0.15, -0.1) is 0 Å². The van der Waals surface area contributed by atoms with Crippen LogP contribution in [0.25, 0.3) is 16.9 Å². The van der Waals surface area contributed by atoms with E-state index in [1.54, 1.807) is 22.7 Å². The van der Waals surface area contributed by atoms with Crippen LogP contribution in [0, 0.1) is 17.3 Å². The van der Waals surface area contributed by atoms with E-state index in [0.29, 0.717) is 22.2 Å². The van der Waals surface area contributed by atoms with Gasteiger partial charge in [-0.3, -0.25) is 9.20 Å². The normalized spacial score (nSPS) is 20.0. The second-order valence-electron chi connectivity index (χ2n) is 7.52. The number of nitrogens with one attached hydrogen (secondary N) is 1. The molecule has 4 nitrogen and oxygen atoms in total. The van der Waals surface area contributed by atoms with Gasteiger partial charge in [0.15, 0.2) is 0 Å². The van der Waals surface area contributed by atoms with Crippen molar-refractivity contribution in [3.63, 3.8) is 0 Å². The summed E-state index contributed by atoms with van der Waals surface area (Å²) in [5, 5.41) is 3.62. The third-order valence-electron chi connectivity index (χ3n) is 5.37. The average Bonchev–Trinajstić information content (AvgIpc) is 3.01. The fourth-order valence-electron chi connectivity index (χ4n) is 3.76. The van der Waals surface area contributed by atoms with Crippen LogP contribution in [0.1, 0.15) is 13.8 Å². The summed E-state index contributed by atoms with van der Waals surface area (Å²) >= 11 is 17.8. The number of anilines is 1. The number of imidazole rings is 1. The van der Waals surface area contributed by atoms with Gasteiger partial charge < -0.3 is 5.32 Å². The molecule has 3 aromatic rings. The number of hydrogen-bond donors (Lipinski definition) is 1. The Morgan fingerprint density at radius 2 is 1.89 bits per heavy atom. The smallest absolute Gasteiger partial charge is 0.229 e. The van der Waals surface area contributed by atoms with Crippen molar-refractivity contribution in [1.82, 2.24) is 9.38 Å². The molecule has 4 rings (SSSR count). The summed E-state index contributed by atoms with van der Waals surface area (Å²) in [6.07, 6.45) is 3.48.